The van der Waals surface area contributed by atoms with Gasteiger partial charge in [-0.05, 0) is 38.3 Å². The fraction of sp³-hybridized carbons (Fsp3) is 0.562. The summed E-state index contributed by atoms with van der Waals surface area (Å²) in [6, 6.07) is 8.51. The van der Waals surface area contributed by atoms with Gasteiger partial charge < -0.3 is 10.2 Å². The molecule has 0 aromatic heterocycles. The van der Waals surface area contributed by atoms with E-state index in [9.17, 15) is 4.79 Å². The van der Waals surface area contributed by atoms with Crippen LogP contribution in [0, 0.1) is 6.92 Å². The lowest BCUT2D eigenvalue weighted by molar-refractivity contribution is -0.133. The molecular formula is C16H22N2O. The van der Waals surface area contributed by atoms with E-state index in [1.54, 1.807) is 0 Å². The van der Waals surface area contributed by atoms with Gasteiger partial charge in [0.2, 0.25) is 5.91 Å². The van der Waals surface area contributed by atoms with Crippen molar-refractivity contribution in [1.82, 2.24) is 10.2 Å². The third kappa shape index (κ3) is 2.39. The lowest BCUT2D eigenvalue weighted by atomic mass is 9.93. The van der Waals surface area contributed by atoms with Gasteiger partial charge in [0.25, 0.3) is 0 Å². The Labute approximate surface area is 115 Å². The predicted octanol–water partition coefficient (Wildman–Crippen LogP) is 1.85. The molecule has 0 radical (unpaired) electrons. The van der Waals surface area contributed by atoms with E-state index in [4.69, 9.17) is 0 Å². The van der Waals surface area contributed by atoms with Gasteiger partial charge in [0.1, 0.15) is 0 Å². The SMILES string of the molecule is Cc1ccc(C2(C(=O)N3CCCNCC3)CC2)cc1. The molecule has 2 fully saturated rings. The van der Waals surface area contributed by atoms with Gasteiger partial charge in [-0.15, -0.1) is 0 Å². The van der Waals surface area contributed by atoms with Gasteiger partial charge >= 0.3 is 0 Å². The number of benzene rings is 1. The molecule has 1 aliphatic carbocycles. The molecule has 3 nitrogen and oxygen atoms in total. The van der Waals surface area contributed by atoms with Crippen molar-refractivity contribution >= 4 is 5.91 Å². The summed E-state index contributed by atoms with van der Waals surface area (Å²) in [5.41, 5.74) is 2.27. The van der Waals surface area contributed by atoms with Crippen molar-refractivity contribution in [3.05, 3.63) is 35.4 Å². The smallest absolute Gasteiger partial charge is 0.233 e. The van der Waals surface area contributed by atoms with Crippen LogP contribution in [0.5, 0.6) is 0 Å². The summed E-state index contributed by atoms with van der Waals surface area (Å²) in [6.07, 6.45) is 3.09. The van der Waals surface area contributed by atoms with Gasteiger partial charge in [0.05, 0.1) is 5.41 Å². The average molecular weight is 258 g/mol. The highest BCUT2D eigenvalue weighted by Crippen LogP contribution is 2.49. The molecule has 0 unspecified atom stereocenters. The lowest BCUT2D eigenvalue weighted by Gasteiger charge is -2.26. The van der Waals surface area contributed by atoms with Gasteiger partial charge in [-0.3, -0.25) is 4.79 Å². The molecule has 1 saturated heterocycles. The maximum Gasteiger partial charge on any atom is 0.233 e. The minimum absolute atomic E-state index is 0.196. The molecule has 1 saturated carbocycles. The molecule has 1 heterocycles. The zero-order valence-corrected chi connectivity index (χ0v) is 11.6. The summed E-state index contributed by atoms with van der Waals surface area (Å²) in [7, 11) is 0. The fourth-order valence-electron chi connectivity index (χ4n) is 2.98. The monoisotopic (exact) mass is 258 g/mol. The van der Waals surface area contributed by atoms with Crippen molar-refractivity contribution in [3.63, 3.8) is 0 Å². The molecule has 0 spiro atoms. The Balaban J connectivity index is 1.80. The largest absolute Gasteiger partial charge is 0.341 e. The lowest BCUT2D eigenvalue weighted by Crippen LogP contribution is -2.41. The van der Waals surface area contributed by atoms with E-state index in [1.807, 2.05) is 0 Å². The Kier molecular flexibility index (Phi) is 3.31. The van der Waals surface area contributed by atoms with Crippen LogP contribution in [0.3, 0.4) is 0 Å². The van der Waals surface area contributed by atoms with Crippen LogP contribution in [0.15, 0.2) is 24.3 Å². The summed E-state index contributed by atoms with van der Waals surface area (Å²) >= 11 is 0. The summed E-state index contributed by atoms with van der Waals surface area (Å²) in [5, 5.41) is 3.36. The van der Waals surface area contributed by atoms with E-state index < -0.39 is 0 Å². The molecule has 1 N–H and O–H groups in total. The molecule has 1 aliphatic heterocycles. The van der Waals surface area contributed by atoms with Crippen LogP contribution >= 0.6 is 0 Å². The molecule has 1 amide bonds. The minimum atomic E-state index is -0.196. The molecule has 3 heteroatoms. The van der Waals surface area contributed by atoms with Crippen LogP contribution in [-0.2, 0) is 10.2 Å². The highest BCUT2D eigenvalue weighted by molar-refractivity contribution is 5.91. The number of nitrogens with zero attached hydrogens (tertiary/aromatic N) is 1. The van der Waals surface area contributed by atoms with Crippen LogP contribution in [0.4, 0.5) is 0 Å². The Hall–Kier alpha value is -1.35. The van der Waals surface area contributed by atoms with Crippen LogP contribution in [0.2, 0.25) is 0 Å². The van der Waals surface area contributed by atoms with Crippen LogP contribution in [0.25, 0.3) is 0 Å². The Morgan fingerprint density at radius 2 is 1.89 bits per heavy atom. The number of hydrogen-bond acceptors (Lipinski definition) is 2. The predicted molar refractivity (Wildman–Crippen MR) is 76.2 cm³/mol. The van der Waals surface area contributed by atoms with Gasteiger partial charge in [-0.25, -0.2) is 0 Å². The first-order chi connectivity index (χ1) is 9.22. The first-order valence-corrected chi connectivity index (χ1v) is 7.30. The molecule has 19 heavy (non-hydrogen) atoms. The van der Waals surface area contributed by atoms with Crippen molar-refractivity contribution in [2.45, 2.75) is 31.6 Å². The van der Waals surface area contributed by atoms with Gasteiger partial charge in [0.15, 0.2) is 0 Å². The molecule has 0 atom stereocenters. The quantitative estimate of drug-likeness (QED) is 0.878. The fourth-order valence-corrected chi connectivity index (χ4v) is 2.98. The number of amides is 1. The van der Waals surface area contributed by atoms with Crippen LogP contribution in [-0.4, -0.2) is 37.0 Å². The summed E-state index contributed by atoms with van der Waals surface area (Å²) in [6.45, 7) is 5.80. The van der Waals surface area contributed by atoms with Gasteiger partial charge in [0, 0.05) is 19.6 Å². The second-order valence-electron chi connectivity index (χ2n) is 5.84. The molecule has 102 valence electrons. The highest BCUT2D eigenvalue weighted by Gasteiger charge is 2.52. The van der Waals surface area contributed by atoms with Gasteiger partial charge in [-0.1, -0.05) is 29.8 Å². The molecule has 1 aromatic rings. The molecule has 0 bridgehead atoms. The van der Waals surface area contributed by atoms with E-state index >= 15 is 0 Å². The molecule has 2 aliphatic rings. The molecule has 1 aromatic carbocycles. The summed E-state index contributed by atoms with van der Waals surface area (Å²) in [5.74, 6) is 0.347. The van der Waals surface area contributed by atoms with Crippen molar-refractivity contribution in [3.8, 4) is 0 Å². The third-order valence-corrected chi connectivity index (χ3v) is 4.39. The van der Waals surface area contributed by atoms with Crippen molar-refractivity contribution < 1.29 is 4.79 Å². The minimum Gasteiger partial charge on any atom is -0.341 e. The van der Waals surface area contributed by atoms with Gasteiger partial charge in [-0.2, -0.15) is 0 Å². The maximum atomic E-state index is 12.8. The Morgan fingerprint density at radius 3 is 2.58 bits per heavy atom. The Bertz CT molecular complexity index is 454. The number of aryl methyl sites for hydroxylation is 1. The van der Waals surface area contributed by atoms with Crippen LogP contribution < -0.4 is 5.32 Å². The standard InChI is InChI=1S/C16H22N2O/c1-13-3-5-14(6-4-13)16(7-8-16)15(19)18-11-2-9-17-10-12-18/h3-6,17H,2,7-12H2,1H3. The second kappa shape index (κ2) is 4.97. The maximum absolute atomic E-state index is 12.8. The second-order valence-corrected chi connectivity index (χ2v) is 5.84. The van der Waals surface area contributed by atoms with E-state index in [0.29, 0.717) is 5.91 Å². The molecule has 3 rings (SSSR count). The van der Waals surface area contributed by atoms with Crippen LogP contribution in [0.1, 0.15) is 30.4 Å². The molecular weight excluding hydrogens is 236 g/mol. The highest BCUT2D eigenvalue weighted by atomic mass is 16.2. The number of rotatable bonds is 2. The zero-order chi connectivity index (χ0) is 13.3. The summed E-state index contributed by atoms with van der Waals surface area (Å²) < 4.78 is 0. The van der Waals surface area contributed by atoms with Crippen molar-refractivity contribution in [2.24, 2.45) is 0 Å². The van der Waals surface area contributed by atoms with E-state index in [2.05, 4.69) is 41.4 Å². The van der Waals surface area contributed by atoms with Crippen molar-refractivity contribution in [1.29, 1.82) is 0 Å². The summed E-state index contributed by atoms with van der Waals surface area (Å²) in [4.78, 5) is 14.9. The third-order valence-electron chi connectivity index (χ3n) is 4.39. The first-order valence-electron chi connectivity index (χ1n) is 7.30. The number of hydrogen-bond donors (Lipinski definition) is 1. The Morgan fingerprint density at radius 1 is 1.16 bits per heavy atom. The van der Waals surface area contributed by atoms with E-state index in [1.165, 1.54) is 11.1 Å². The average Bonchev–Trinajstić information content (AvgIpc) is 3.24. The number of carbonyl (C=O) groups excluding carboxylic acids is 1. The number of carbonyl (C=O) groups is 1. The topological polar surface area (TPSA) is 32.3 Å². The van der Waals surface area contributed by atoms with E-state index in [-0.39, 0.29) is 5.41 Å². The van der Waals surface area contributed by atoms with E-state index in [0.717, 1.165) is 45.4 Å². The van der Waals surface area contributed by atoms with Crippen molar-refractivity contribution in [2.75, 3.05) is 26.2 Å². The normalized spacial score (nSPS) is 21.8. The number of nitrogens with one attached hydrogen (secondary N) is 1. The zero-order valence-electron chi connectivity index (χ0n) is 11.6. The first kappa shape index (κ1) is 12.7.